The Bertz CT molecular complexity index is 1750. The summed E-state index contributed by atoms with van der Waals surface area (Å²) in [5.74, 6) is 3.07. The lowest BCUT2D eigenvalue weighted by atomic mass is 10.4. The lowest BCUT2D eigenvalue weighted by molar-refractivity contribution is 0.302. The van der Waals surface area contributed by atoms with E-state index in [1.807, 2.05) is 96.9 Å². The summed E-state index contributed by atoms with van der Waals surface area (Å²) in [5.41, 5.74) is 5.91. The maximum absolute atomic E-state index is 4.60. The molecule has 0 spiro atoms. The Kier molecular flexibility index (Phi) is 24.2. The van der Waals surface area contributed by atoms with Crippen molar-refractivity contribution in [2.45, 2.75) is 111 Å². The highest BCUT2D eigenvalue weighted by molar-refractivity contribution is 7.11. The summed E-state index contributed by atoms with van der Waals surface area (Å²) in [5, 5.41) is 29.9. The van der Waals surface area contributed by atoms with Gasteiger partial charge in [-0.15, -0.1) is 31.7 Å². The Morgan fingerprint density at radius 3 is 0.911 bits per heavy atom. The molecule has 56 heavy (non-hydrogen) atoms. The van der Waals surface area contributed by atoms with Gasteiger partial charge in [-0.25, -0.2) is 14.6 Å². The molecule has 8 aromatic rings. The van der Waals surface area contributed by atoms with E-state index in [1.165, 1.54) is 67.6 Å². The monoisotopic (exact) mass is 880 g/mol. The number of nitrogens with zero attached hydrogens (tertiary/aromatic N) is 16. The van der Waals surface area contributed by atoms with E-state index >= 15 is 0 Å². The van der Waals surface area contributed by atoms with Crippen molar-refractivity contribution in [2.75, 3.05) is 0 Å². The molecule has 0 atom stereocenters. The molecule has 24 heteroatoms. The molecule has 0 amide bonds. The molecule has 0 aliphatic carbocycles. The average molecular weight is 881 g/mol. The van der Waals surface area contributed by atoms with Crippen LogP contribution in [0.1, 0.15) is 87.3 Å². The van der Waals surface area contributed by atoms with E-state index in [0.29, 0.717) is 11.7 Å². The molecule has 8 aromatic heterocycles. The second kappa shape index (κ2) is 27.3. The fraction of sp³-hybridized carbons (Fsp3) is 0.500. The number of aromatic nitrogens is 16. The maximum Gasteiger partial charge on any atom is 0.223 e. The minimum absolute atomic E-state index is 0.623. The summed E-state index contributed by atoms with van der Waals surface area (Å²) in [6.07, 6.45) is 0. The molecule has 0 bridgehead atoms. The SMILES string of the molecule is Cc1nnc(C)s1.Cc1nnsc1C.Cc1nnsc1C.Cc1noc(C)n1.Cc1nonc1C.Cc1nsc(C)n1.Cc1nsc(C)n1.Cc1nsnc1C. The standard InChI is InChI=1S/2C4H6N2O.6C4H6N2S/c1-3-5-4(2)7-6-3;1-3-4(2)6-7-5-3;1-3-5-6-4(2)7-3;2*1-3-5-4(2)7-6-3;2*1-3-4(2)7-6-5-3;1-3-4(2)6-7-5-3/h8*1-2H3. The van der Waals surface area contributed by atoms with Gasteiger partial charge >= 0.3 is 0 Å². The molecule has 0 saturated carbocycles. The minimum atomic E-state index is 0.623. The molecule has 0 saturated heterocycles. The third kappa shape index (κ3) is 22.9. The maximum atomic E-state index is 4.60. The van der Waals surface area contributed by atoms with Gasteiger partial charge in [-0.1, -0.05) is 24.4 Å². The topological polar surface area (TPSA) is 233 Å². The molecule has 0 radical (unpaired) electrons. The van der Waals surface area contributed by atoms with Crippen LogP contribution in [0.2, 0.25) is 0 Å². The van der Waals surface area contributed by atoms with Crippen LogP contribution >= 0.6 is 69.2 Å². The molecule has 0 aromatic carbocycles. The van der Waals surface area contributed by atoms with Crippen LogP contribution in [0.15, 0.2) is 9.15 Å². The first kappa shape index (κ1) is 49.7. The molecular formula is C32H48N16O2S6. The molecule has 0 fully saturated rings. The average Bonchev–Trinajstić information content (AvgIpc) is 4.04. The summed E-state index contributed by atoms with van der Waals surface area (Å²) in [6, 6.07) is 0. The van der Waals surface area contributed by atoms with Crippen LogP contribution in [-0.4, -0.2) is 77.3 Å². The molecule has 18 nitrogen and oxygen atoms in total. The van der Waals surface area contributed by atoms with Gasteiger partial charge < -0.3 is 4.52 Å². The molecule has 0 aliphatic heterocycles. The molecule has 8 heterocycles. The van der Waals surface area contributed by atoms with Gasteiger partial charge in [0.1, 0.15) is 43.1 Å². The first-order valence-electron chi connectivity index (χ1n) is 16.5. The Labute approximate surface area is 351 Å². The highest BCUT2D eigenvalue weighted by Gasteiger charge is 1.95. The zero-order valence-corrected chi connectivity index (χ0v) is 39.3. The highest BCUT2D eigenvalue weighted by Crippen LogP contribution is 2.06. The highest BCUT2D eigenvalue weighted by atomic mass is 32.1. The van der Waals surface area contributed by atoms with Crippen LogP contribution in [0.25, 0.3) is 0 Å². The summed E-state index contributed by atoms with van der Waals surface area (Å²) < 4.78 is 32.2. The molecule has 0 N–H and O–H groups in total. The van der Waals surface area contributed by atoms with Gasteiger partial charge in [0, 0.05) is 16.7 Å². The van der Waals surface area contributed by atoms with Crippen LogP contribution in [-0.2, 0) is 0 Å². The lowest BCUT2D eigenvalue weighted by Gasteiger charge is -1.75. The summed E-state index contributed by atoms with van der Waals surface area (Å²) >= 11 is 8.66. The number of rotatable bonds is 0. The zero-order valence-electron chi connectivity index (χ0n) is 34.4. The van der Waals surface area contributed by atoms with E-state index in [4.69, 9.17) is 0 Å². The largest absolute Gasteiger partial charge is 0.340 e. The molecule has 0 unspecified atom stereocenters. The van der Waals surface area contributed by atoms with E-state index in [0.717, 1.165) is 65.8 Å². The number of hydrogen-bond acceptors (Lipinski definition) is 24. The minimum Gasteiger partial charge on any atom is -0.340 e. The van der Waals surface area contributed by atoms with Crippen LogP contribution in [0, 0.1) is 111 Å². The van der Waals surface area contributed by atoms with E-state index in [-0.39, 0.29) is 0 Å². The summed E-state index contributed by atoms with van der Waals surface area (Å²) in [6.45, 7) is 30.7. The van der Waals surface area contributed by atoms with Gasteiger partial charge in [-0.2, -0.15) is 22.5 Å². The molecule has 304 valence electrons. The lowest BCUT2D eigenvalue weighted by Crippen LogP contribution is -1.71. The van der Waals surface area contributed by atoms with Gasteiger partial charge in [-0.05, 0) is 150 Å². The van der Waals surface area contributed by atoms with Crippen LogP contribution in [0.3, 0.4) is 0 Å². The number of hydrogen-bond donors (Lipinski definition) is 0. The van der Waals surface area contributed by atoms with Crippen molar-refractivity contribution in [3.05, 3.63) is 87.3 Å². The van der Waals surface area contributed by atoms with Crippen molar-refractivity contribution >= 4 is 69.2 Å². The van der Waals surface area contributed by atoms with Crippen molar-refractivity contribution in [1.29, 1.82) is 0 Å². The van der Waals surface area contributed by atoms with E-state index in [2.05, 4.69) is 86.4 Å². The third-order valence-corrected chi connectivity index (χ3v) is 10.4. The second-order valence-electron chi connectivity index (χ2n) is 11.1. The van der Waals surface area contributed by atoms with Crippen LogP contribution < -0.4 is 0 Å². The Balaban J connectivity index is 0.000000320. The van der Waals surface area contributed by atoms with Gasteiger partial charge in [0.25, 0.3) is 0 Å². The van der Waals surface area contributed by atoms with E-state index < -0.39 is 0 Å². The smallest absolute Gasteiger partial charge is 0.223 e. The van der Waals surface area contributed by atoms with Crippen molar-refractivity contribution in [3.8, 4) is 0 Å². The Morgan fingerprint density at radius 2 is 0.804 bits per heavy atom. The van der Waals surface area contributed by atoms with E-state index in [1.54, 1.807) is 25.2 Å². The first-order chi connectivity index (χ1) is 26.4. The predicted molar refractivity (Wildman–Crippen MR) is 224 cm³/mol. The second-order valence-corrected chi connectivity index (χ2v) is 16.9. The third-order valence-electron chi connectivity index (χ3n) is 6.03. The molecule has 0 aliphatic rings. The van der Waals surface area contributed by atoms with Gasteiger partial charge in [0.2, 0.25) is 5.89 Å². The Morgan fingerprint density at radius 1 is 0.375 bits per heavy atom. The summed E-state index contributed by atoms with van der Waals surface area (Å²) in [7, 11) is 0. The predicted octanol–water partition coefficient (Wildman–Crippen LogP) is 8.30. The van der Waals surface area contributed by atoms with Gasteiger partial charge in [0.05, 0.1) is 34.5 Å². The van der Waals surface area contributed by atoms with Crippen molar-refractivity contribution < 1.29 is 9.15 Å². The van der Waals surface area contributed by atoms with Gasteiger partial charge in [-0.3, -0.25) is 0 Å². The fourth-order valence-electron chi connectivity index (χ4n) is 2.71. The summed E-state index contributed by atoms with van der Waals surface area (Å²) in [4.78, 5) is 14.3. The number of aryl methyl sites for hydroxylation is 16. The first-order valence-corrected chi connectivity index (χ1v) is 21.1. The van der Waals surface area contributed by atoms with Crippen LogP contribution in [0.5, 0.6) is 0 Å². The fourth-order valence-corrected chi connectivity index (χ4v) is 5.72. The van der Waals surface area contributed by atoms with Gasteiger partial charge in [0.15, 0.2) is 5.82 Å². The van der Waals surface area contributed by atoms with Crippen LogP contribution in [0.4, 0.5) is 0 Å². The molecular weight excluding hydrogens is 833 g/mol. The zero-order chi connectivity index (χ0) is 42.2. The Hall–Kier alpha value is -4.36. The normalized spacial score (nSPS) is 9.43. The quantitative estimate of drug-likeness (QED) is 0.139. The molecule has 8 rings (SSSR count). The van der Waals surface area contributed by atoms with Crippen molar-refractivity contribution in [2.24, 2.45) is 0 Å². The van der Waals surface area contributed by atoms with Crippen molar-refractivity contribution in [1.82, 2.24) is 77.3 Å². The van der Waals surface area contributed by atoms with Crippen molar-refractivity contribution in [3.63, 3.8) is 0 Å². The van der Waals surface area contributed by atoms with E-state index in [9.17, 15) is 0 Å².